The van der Waals surface area contributed by atoms with E-state index < -0.39 is 50.2 Å². The van der Waals surface area contributed by atoms with Crippen LogP contribution in [-0.4, -0.2) is 79.9 Å². The zero-order valence-corrected chi connectivity index (χ0v) is 29.0. The minimum Gasteiger partial charge on any atom is -0.382 e. The minimum absolute atomic E-state index is 0.0621. The molecule has 0 aromatic carbocycles. The summed E-state index contributed by atoms with van der Waals surface area (Å²) in [4.78, 5) is 11.7. The first-order valence-corrected chi connectivity index (χ1v) is 18.4. The van der Waals surface area contributed by atoms with Crippen molar-refractivity contribution in [3.8, 4) is 0 Å². The van der Waals surface area contributed by atoms with E-state index in [9.17, 15) is 14.1 Å². The first-order valence-electron chi connectivity index (χ1n) is 16.9. The fraction of sp³-hybridized carbons (Fsp3) is 0.719. The van der Waals surface area contributed by atoms with E-state index in [2.05, 4.69) is 20.0 Å². The monoisotopic (exact) mass is 694 g/mol. The van der Waals surface area contributed by atoms with Crippen molar-refractivity contribution in [3.05, 3.63) is 36.7 Å². The van der Waals surface area contributed by atoms with Crippen molar-refractivity contribution in [2.24, 2.45) is 11.8 Å². The van der Waals surface area contributed by atoms with Gasteiger partial charge in [-0.05, 0) is 26.7 Å². The summed E-state index contributed by atoms with van der Waals surface area (Å²) in [5, 5.41) is 13.8. The van der Waals surface area contributed by atoms with Crippen molar-refractivity contribution in [3.63, 3.8) is 0 Å². The van der Waals surface area contributed by atoms with E-state index in [0.717, 1.165) is 25.7 Å². The molecular weight excluding hydrogens is 646 g/mol. The molecular formula is C32H48FN6O8P. The number of nitrogens with two attached hydrogens (primary N) is 1. The lowest BCUT2D eigenvalue weighted by atomic mass is 9.98. The van der Waals surface area contributed by atoms with Gasteiger partial charge in [0.1, 0.15) is 17.9 Å². The van der Waals surface area contributed by atoms with E-state index in [1.165, 1.54) is 17.3 Å². The third-order valence-corrected chi connectivity index (χ3v) is 11.2. The van der Waals surface area contributed by atoms with Gasteiger partial charge in [0.25, 0.3) is 0 Å². The molecule has 5 unspecified atom stereocenters. The van der Waals surface area contributed by atoms with Gasteiger partial charge in [0.05, 0.1) is 31.2 Å². The Morgan fingerprint density at radius 1 is 1.21 bits per heavy atom. The lowest BCUT2D eigenvalue weighted by molar-refractivity contribution is -0.200. The number of allylic oxidation sites excluding steroid dienone is 2. The van der Waals surface area contributed by atoms with Crippen LogP contribution in [0.25, 0.3) is 11.2 Å². The number of imidazole rings is 1. The summed E-state index contributed by atoms with van der Waals surface area (Å²) in [6.45, 7) is 8.97. The highest BCUT2D eigenvalue weighted by atomic mass is 31.2. The number of epoxide rings is 1. The summed E-state index contributed by atoms with van der Waals surface area (Å²) in [6, 6.07) is -0.431. The zero-order chi connectivity index (χ0) is 34.2. The molecule has 2 aliphatic heterocycles. The molecule has 0 spiro atoms. The van der Waals surface area contributed by atoms with E-state index in [1.54, 1.807) is 6.92 Å². The lowest BCUT2D eigenvalue weighted by Crippen LogP contribution is -2.45. The molecule has 1 saturated carbocycles. The van der Waals surface area contributed by atoms with Crippen LogP contribution in [0.15, 0.2) is 30.6 Å². The fourth-order valence-electron chi connectivity index (χ4n) is 6.40. The molecule has 2 aromatic rings. The smallest absolute Gasteiger partial charge is 0.382 e. The lowest BCUT2D eigenvalue weighted by Gasteiger charge is -2.35. The van der Waals surface area contributed by atoms with Gasteiger partial charge in [0.2, 0.25) is 0 Å². The maximum Gasteiger partial charge on any atom is 0.406 e. The number of aromatic nitrogens is 4. The van der Waals surface area contributed by atoms with E-state index in [-0.39, 0.29) is 60.3 Å². The van der Waals surface area contributed by atoms with Crippen molar-refractivity contribution >= 4 is 24.7 Å². The molecule has 4 heterocycles. The molecule has 266 valence electrons. The minimum atomic E-state index is -4.05. The maximum atomic E-state index is 14.6. The third-order valence-electron chi connectivity index (χ3n) is 9.45. The largest absolute Gasteiger partial charge is 0.406 e. The second kappa shape index (κ2) is 14.5. The first kappa shape index (κ1) is 35.5. The van der Waals surface area contributed by atoms with Crippen molar-refractivity contribution in [1.82, 2.24) is 24.6 Å². The second-order valence-electron chi connectivity index (χ2n) is 13.8. The molecule has 0 radical (unpaired) electrons. The number of hydrogen-bond acceptors (Lipinski definition) is 12. The summed E-state index contributed by atoms with van der Waals surface area (Å²) < 4.78 is 67.4. The van der Waals surface area contributed by atoms with Crippen LogP contribution < -0.4 is 10.8 Å². The average Bonchev–Trinajstić information content (AvgIpc) is 3.55. The number of fused-ring (bicyclic) bond motifs is 1. The van der Waals surface area contributed by atoms with Crippen LogP contribution in [-0.2, 0) is 32.6 Å². The SMILES string of the molecule is CC(C)C(O)O[C@H]1C[C@H](n2cnc3c(N)nc(F)nc32)O[C@]1(C)CO[P@@](=O)(N[C@@H](C)C1OC1OC1CCCCC1)OC1C=CC=CC1C. The Labute approximate surface area is 280 Å². The van der Waals surface area contributed by atoms with Gasteiger partial charge < -0.3 is 29.8 Å². The van der Waals surface area contributed by atoms with Crippen LogP contribution in [0.1, 0.15) is 79.4 Å². The zero-order valence-electron chi connectivity index (χ0n) is 28.1. The fourth-order valence-corrected chi connectivity index (χ4v) is 8.25. The van der Waals surface area contributed by atoms with Crippen molar-refractivity contribution in [1.29, 1.82) is 0 Å². The van der Waals surface area contributed by atoms with Crippen LogP contribution in [0.3, 0.4) is 0 Å². The Kier molecular flexibility index (Phi) is 10.7. The van der Waals surface area contributed by atoms with Crippen LogP contribution in [0.2, 0.25) is 0 Å². The number of nitrogens with one attached hydrogen (secondary N) is 1. The highest BCUT2D eigenvalue weighted by molar-refractivity contribution is 7.51. The Morgan fingerprint density at radius 3 is 2.69 bits per heavy atom. The molecule has 4 aliphatic rings. The standard InChI is InChI=1S/C32H48FN6O8P/c1-18(2)29(40)44-23-15-24(39-17-35-25-27(34)36-31(33)37-28(25)39)46-32(23,5)16-42-48(41,47-22-14-10-9-11-19(22)3)38-20(4)26-30(45-26)43-21-12-7-6-8-13-21/h9-11,14,17-24,26,29-30,40H,6-8,12-13,15-16H2,1-5H3,(H,38,41)(H2,34,36,37)/t19?,20-,22?,23-,24+,26?,29?,30?,32+,48-/m0/s1. The molecule has 2 aliphatic carbocycles. The van der Waals surface area contributed by atoms with Gasteiger partial charge in [0, 0.05) is 24.3 Å². The van der Waals surface area contributed by atoms with Crippen molar-refractivity contribution < 1.29 is 42.1 Å². The van der Waals surface area contributed by atoms with Gasteiger partial charge in [-0.1, -0.05) is 64.3 Å². The third kappa shape index (κ3) is 8.00. The Morgan fingerprint density at radius 2 is 1.96 bits per heavy atom. The van der Waals surface area contributed by atoms with Crippen molar-refractivity contribution in [2.75, 3.05) is 12.3 Å². The van der Waals surface area contributed by atoms with Gasteiger partial charge in [-0.2, -0.15) is 14.4 Å². The number of hydrogen-bond donors (Lipinski definition) is 3. The first-order chi connectivity index (χ1) is 22.8. The van der Waals surface area contributed by atoms with E-state index in [4.69, 9.17) is 33.7 Å². The molecule has 0 bridgehead atoms. The molecule has 14 nitrogen and oxygen atoms in total. The van der Waals surface area contributed by atoms with Crippen molar-refractivity contribution in [2.45, 2.75) is 128 Å². The summed E-state index contributed by atoms with van der Waals surface area (Å²) in [5.41, 5.74) is 5.00. The number of nitrogens with zero attached hydrogens (tertiary/aromatic N) is 4. The summed E-state index contributed by atoms with van der Waals surface area (Å²) >= 11 is 0. The van der Waals surface area contributed by atoms with Crippen LogP contribution >= 0.6 is 7.75 Å². The Bertz CT molecular complexity index is 1540. The molecule has 10 atom stereocenters. The van der Waals surface area contributed by atoms with Gasteiger partial charge in [-0.3, -0.25) is 13.6 Å². The van der Waals surface area contributed by atoms with E-state index >= 15 is 0 Å². The molecule has 16 heteroatoms. The number of halogens is 1. The van der Waals surface area contributed by atoms with Gasteiger partial charge in [-0.25, -0.2) is 14.6 Å². The second-order valence-corrected chi connectivity index (χ2v) is 15.6. The predicted octanol–water partition coefficient (Wildman–Crippen LogP) is 4.91. The van der Waals surface area contributed by atoms with Gasteiger partial charge >= 0.3 is 13.8 Å². The Hall–Kier alpha value is -2.33. The number of aliphatic hydroxyl groups is 1. The molecule has 6 rings (SSSR count). The molecule has 3 fully saturated rings. The topological polar surface area (TPSA) is 178 Å². The summed E-state index contributed by atoms with van der Waals surface area (Å²) in [5.74, 6) is -0.391. The number of anilines is 1. The number of aliphatic hydroxyl groups excluding tert-OH is 1. The molecule has 4 N–H and O–H groups in total. The molecule has 48 heavy (non-hydrogen) atoms. The van der Waals surface area contributed by atoms with Crippen LogP contribution in [0.5, 0.6) is 0 Å². The van der Waals surface area contributed by atoms with Gasteiger partial charge in [-0.15, -0.1) is 0 Å². The maximum absolute atomic E-state index is 14.6. The van der Waals surface area contributed by atoms with Crippen LogP contribution in [0.4, 0.5) is 10.2 Å². The molecule has 0 amide bonds. The normalized spacial score (nSPS) is 33.3. The number of rotatable bonds is 14. The molecule has 2 saturated heterocycles. The van der Waals surface area contributed by atoms with E-state index in [0.29, 0.717) is 0 Å². The number of ether oxygens (including phenoxy) is 4. The van der Waals surface area contributed by atoms with E-state index in [1.807, 2.05) is 52.0 Å². The number of nitrogen functional groups attached to an aromatic ring is 1. The predicted molar refractivity (Wildman–Crippen MR) is 174 cm³/mol. The highest BCUT2D eigenvalue weighted by Gasteiger charge is 2.52. The summed E-state index contributed by atoms with van der Waals surface area (Å²) in [7, 11) is -4.05. The highest BCUT2D eigenvalue weighted by Crippen LogP contribution is 2.51. The summed E-state index contributed by atoms with van der Waals surface area (Å²) in [6.07, 6.45) is 10.0. The quantitative estimate of drug-likeness (QED) is 0.105. The Balaban J connectivity index is 1.21. The molecule has 2 aromatic heterocycles. The average molecular weight is 695 g/mol. The van der Waals surface area contributed by atoms with Gasteiger partial charge in [0.15, 0.2) is 29.6 Å². The van der Waals surface area contributed by atoms with Crippen LogP contribution in [0, 0.1) is 17.9 Å².